The molecule has 2 aromatic rings. The van der Waals surface area contributed by atoms with Crippen molar-refractivity contribution in [3.05, 3.63) is 40.6 Å². The highest BCUT2D eigenvalue weighted by Crippen LogP contribution is 2.22. The molecule has 4 heteroatoms. The summed E-state index contributed by atoms with van der Waals surface area (Å²) in [5, 5.41) is 5.37. The van der Waals surface area contributed by atoms with Crippen molar-refractivity contribution in [3.8, 4) is 0 Å². The summed E-state index contributed by atoms with van der Waals surface area (Å²) in [7, 11) is 0. The van der Waals surface area contributed by atoms with Crippen LogP contribution in [-0.2, 0) is 0 Å². The maximum Gasteiger partial charge on any atom is 0.128 e. The Labute approximate surface area is 93.0 Å². The van der Waals surface area contributed by atoms with Gasteiger partial charge in [0, 0.05) is 4.88 Å². The number of nitrogens with one attached hydrogen (secondary N) is 1. The minimum absolute atomic E-state index is 0.263. The van der Waals surface area contributed by atoms with Crippen LogP contribution in [0.3, 0.4) is 0 Å². The van der Waals surface area contributed by atoms with E-state index in [1.165, 1.54) is 4.88 Å². The topological polar surface area (TPSA) is 50.9 Å². The molecule has 2 rings (SSSR count). The Kier molecular flexibility index (Phi) is 2.87. The number of nitrogens with two attached hydrogens (primary N) is 1. The van der Waals surface area contributed by atoms with Crippen molar-refractivity contribution >= 4 is 23.0 Å². The summed E-state index contributed by atoms with van der Waals surface area (Å²) in [4.78, 5) is 5.49. The van der Waals surface area contributed by atoms with Crippen molar-refractivity contribution in [3.63, 3.8) is 0 Å². The van der Waals surface area contributed by atoms with E-state index < -0.39 is 0 Å². The van der Waals surface area contributed by atoms with Gasteiger partial charge < -0.3 is 11.1 Å². The summed E-state index contributed by atoms with van der Waals surface area (Å²) in [5.74, 6) is 1.36. The molecule has 0 saturated heterocycles. The van der Waals surface area contributed by atoms with E-state index in [1.54, 1.807) is 17.4 Å². The van der Waals surface area contributed by atoms with Crippen LogP contribution < -0.4 is 11.1 Å². The molecule has 0 aliphatic rings. The SMILES string of the molecule is CC(Nc1cccc(N)n1)c1cccs1. The molecule has 15 heavy (non-hydrogen) atoms. The molecule has 3 nitrogen and oxygen atoms in total. The van der Waals surface area contributed by atoms with E-state index in [0.29, 0.717) is 5.82 Å². The van der Waals surface area contributed by atoms with Crippen LogP contribution in [0.1, 0.15) is 17.8 Å². The number of thiophene rings is 1. The van der Waals surface area contributed by atoms with Crippen LogP contribution >= 0.6 is 11.3 Å². The molecule has 0 bridgehead atoms. The molecule has 0 saturated carbocycles. The van der Waals surface area contributed by atoms with E-state index in [1.807, 2.05) is 18.2 Å². The molecule has 78 valence electrons. The third kappa shape index (κ3) is 2.47. The van der Waals surface area contributed by atoms with Crippen molar-refractivity contribution in [2.45, 2.75) is 13.0 Å². The van der Waals surface area contributed by atoms with E-state index in [9.17, 15) is 0 Å². The number of hydrogen-bond donors (Lipinski definition) is 2. The zero-order valence-electron chi connectivity index (χ0n) is 8.47. The van der Waals surface area contributed by atoms with Gasteiger partial charge in [0.15, 0.2) is 0 Å². The number of nitrogens with zero attached hydrogens (tertiary/aromatic N) is 1. The van der Waals surface area contributed by atoms with E-state index in [4.69, 9.17) is 5.73 Å². The summed E-state index contributed by atoms with van der Waals surface area (Å²) >= 11 is 1.73. The molecule has 0 aliphatic carbocycles. The lowest BCUT2D eigenvalue weighted by Gasteiger charge is -2.12. The Hall–Kier alpha value is -1.55. The highest BCUT2D eigenvalue weighted by Gasteiger charge is 2.06. The van der Waals surface area contributed by atoms with Crippen molar-refractivity contribution in [1.82, 2.24) is 4.98 Å². The fourth-order valence-corrected chi connectivity index (χ4v) is 2.10. The van der Waals surface area contributed by atoms with Crippen LogP contribution in [0, 0.1) is 0 Å². The minimum Gasteiger partial charge on any atom is -0.384 e. The van der Waals surface area contributed by atoms with Gasteiger partial charge in [-0.1, -0.05) is 12.1 Å². The molecule has 3 N–H and O–H groups in total. The summed E-state index contributed by atoms with van der Waals surface area (Å²) in [6, 6.07) is 10.0. The van der Waals surface area contributed by atoms with E-state index >= 15 is 0 Å². The molecule has 1 unspecified atom stereocenters. The van der Waals surface area contributed by atoms with E-state index in [0.717, 1.165) is 5.82 Å². The molecule has 0 aliphatic heterocycles. The number of aromatic nitrogens is 1. The van der Waals surface area contributed by atoms with Crippen LogP contribution in [0.15, 0.2) is 35.7 Å². The molecular formula is C11H13N3S. The smallest absolute Gasteiger partial charge is 0.128 e. The average molecular weight is 219 g/mol. The van der Waals surface area contributed by atoms with Gasteiger partial charge in [-0.2, -0.15) is 0 Å². The highest BCUT2D eigenvalue weighted by molar-refractivity contribution is 7.10. The molecule has 1 atom stereocenters. The minimum atomic E-state index is 0.263. The Balaban J connectivity index is 2.09. The zero-order valence-corrected chi connectivity index (χ0v) is 9.29. The number of rotatable bonds is 3. The average Bonchev–Trinajstić information content (AvgIpc) is 2.70. The summed E-state index contributed by atoms with van der Waals surface area (Å²) in [5.41, 5.74) is 5.60. The normalized spacial score (nSPS) is 12.3. The maximum atomic E-state index is 5.60. The Bertz CT molecular complexity index is 425. The lowest BCUT2D eigenvalue weighted by atomic mass is 10.3. The summed E-state index contributed by atoms with van der Waals surface area (Å²) in [6.07, 6.45) is 0. The first-order chi connectivity index (χ1) is 7.25. The van der Waals surface area contributed by atoms with E-state index in [-0.39, 0.29) is 6.04 Å². The van der Waals surface area contributed by atoms with Gasteiger partial charge in [-0.3, -0.25) is 0 Å². The quantitative estimate of drug-likeness (QED) is 0.834. The molecule has 0 amide bonds. The van der Waals surface area contributed by atoms with E-state index in [2.05, 4.69) is 28.7 Å². The Morgan fingerprint density at radius 1 is 1.33 bits per heavy atom. The second-order valence-electron chi connectivity index (χ2n) is 3.33. The second kappa shape index (κ2) is 4.31. The van der Waals surface area contributed by atoms with Crippen molar-refractivity contribution < 1.29 is 0 Å². The van der Waals surface area contributed by atoms with Crippen LogP contribution in [0.2, 0.25) is 0 Å². The predicted molar refractivity (Wildman–Crippen MR) is 65.0 cm³/mol. The Morgan fingerprint density at radius 3 is 2.87 bits per heavy atom. The molecule has 0 aromatic carbocycles. The zero-order chi connectivity index (χ0) is 10.7. The molecule has 0 fully saturated rings. The second-order valence-corrected chi connectivity index (χ2v) is 4.31. The lowest BCUT2D eigenvalue weighted by molar-refractivity contribution is 0.897. The van der Waals surface area contributed by atoms with Gasteiger partial charge >= 0.3 is 0 Å². The summed E-state index contributed by atoms with van der Waals surface area (Å²) in [6.45, 7) is 2.11. The van der Waals surface area contributed by atoms with Gasteiger partial charge in [-0.25, -0.2) is 4.98 Å². The van der Waals surface area contributed by atoms with Crippen molar-refractivity contribution in [2.24, 2.45) is 0 Å². The number of pyridine rings is 1. The van der Waals surface area contributed by atoms with Gasteiger partial charge in [-0.15, -0.1) is 11.3 Å². The lowest BCUT2D eigenvalue weighted by Crippen LogP contribution is -2.06. The number of nitrogen functional groups attached to an aromatic ring is 1. The van der Waals surface area contributed by atoms with Crippen LogP contribution in [-0.4, -0.2) is 4.98 Å². The van der Waals surface area contributed by atoms with Gasteiger partial charge in [-0.05, 0) is 30.5 Å². The molecular weight excluding hydrogens is 206 g/mol. The standard InChI is InChI=1S/C11H13N3S/c1-8(9-4-3-7-15-9)13-11-6-2-5-10(12)14-11/h2-8H,1H3,(H3,12,13,14). The highest BCUT2D eigenvalue weighted by atomic mass is 32.1. The van der Waals surface area contributed by atoms with Gasteiger partial charge in [0.25, 0.3) is 0 Å². The predicted octanol–water partition coefficient (Wildman–Crippen LogP) is 2.90. The molecule has 2 heterocycles. The number of anilines is 2. The molecule has 0 spiro atoms. The first-order valence-electron chi connectivity index (χ1n) is 4.78. The molecule has 0 radical (unpaired) electrons. The van der Waals surface area contributed by atoms with Crippen molar-refractivity contribution in [1.29, 1.82) is 0 Å². The summed E-state index contributed by atoms with van der Waals surface area (Å²) < 4.78 is 0. The third-order valence-corrected chi connectivity index (χ3v) is 3.16. The van der Waals surface area contributed by atoms with Gasteiger partial charge in [0.2, 0.25) is 0 Å². The fraction of sp³-hybridized carbons (Fsp3) is 0.182. The first-order valence-corrected chi connectivity index (χ1v) is 5.66. The fourth-order valence-electron chi connectivity index (χ4n) is 1.36. The third-order valence-electron chi connectivity index (χ3n) is 2.10. The number of hydrogen-bond acceptors (Lipinski definition) is 4. The first kappa shape index (κ1) is 9.98. The molecule has 2 aromatic heterocycles. The Morgan fingerprint density at radius 2 is 2.20 bits per heavy atom. The van der Waals surface area contributed by atoms with Crippen LogP contribution in [0.5, 0.6) is 0 Å². The largest absolute Gasteiger partial charge is 0.384 e. The van der Waals surface area contributed by atoms with Crippen LogP contribution in [0.4, 0.5) is 11.6 Å². The monoisotopic (exact) mass is 219 g/mol. The van der Waals surface area contributed by atoms with Gasteiger partial charge in [0.05, 0.1) is 6.04 Å². The van der Waals surface area contributed by atoms with Crippen molar-refractivity contribution in [2.75, 3.05) is 11.1 Å². The maximum absolute atomic E-state index is 5.60. The van der Waals surface area contributed by atoms with Crippen LogP contribution in [0.25, 0.3) is 0 Å². The van der Waals surface area contributed by atoms with Gasteiger partial charge in [0.1, 0.15) is 11.6 Å².